The van der Waals surface area contributed by atoms with Crippen LogP contribution in [0.5, 0.6) is 0 Å². The maximum absolute atomic E-state index is 15.0. The van der Waals surface area contributed by atoms with Crippen molar-refractivity contribution in [3.63, 3.8) is 0 Å². The summed E-state index contributed by atoms with van der Waals surface area (Å²) in [6.07, 6.45) is 7.30. The van der Waals surface area contributed by atoms with Gasteiger partial charge >= 0.3 is 0 Å². The Morgan fingerprint density at radius 1 is 1.15 bits per heavy atom. The summed E-state index contributed by atoms with van der Waals surface area (Å²) in [5.41, 5.74) is 3.36. The molecule has 4 aromatic rings. The molecule has 3 aromatic heterocycles. The number of imidazole rings is 1. The molecule has 0 fully saturated rings. The number of aryl methyl sites for hydroxylation is 1. The van der Waals surface area contributed by atoms with Gasteiger partial charge in [0.2, 0.25) is 5.95 Å². The van der Waals surface area contributed by atoms with E-state index in [1.807, 2.05) is 44.5 Å². The summed E-state index contributed by atoms with van der Waals surface area (Å²) < 4.78 is 31.8. The normalized spacial score (nSPS) is 13.7. The smallest absolute Gasteiger partial charge is 0.229 e. The number of aromatic nitrogens is 5. The maximum atomic E-state index is 15.0. The minimum Gasteiger partial charge on any atom is -0.326 e. The third-order valence-corrected chi connectivity index (χ3v) is 6.99. The SMILES string of the molecule is C#CCN(C)CCN1CCc2nc(Nc3ncc(F)c(-c4cc(F)c5nc(C)n(C(C)C)c5c4)n3)ccc2C1. The van der Waals surface area contributed by atoms with Crippen LogP contribution in [0.2, 0.25) is 0 Å². The molecule has 202 valence electrons. The molecule has 0 saturated heterocycles. The van der Waals surface area contributed by atoms with Crippen molar-refractivity contribution in [3.05, 3.63) is 59.2 Å². The van der Waals surface area contributed by atoms with Gasteiger partial charge in [0.1, 0.15) is 22.9 Å². The van der Waals surface area contributed by atoms with Crippen LogP contribution in [0.3, 0.4) is 0 Å². The fourth-order valence-electron chi connectivity index (χ4n) is 5.08. The van der Waals surface area contributed by atoms with E-state index < -0.39 is 11.6 Å². The number of benzene rings is 1. The first-order valence-corrected chi connectivity index (χ1v) is 13.0. The minimum atomic E-state index is -0.641. The first-order valence-electron chi connectivity index (χ1n) is 13.0. The monoisotopic (exact) mass is 530 g/mol. The van der Waals surface area contributed by atoms with Crippen molar-refractivity contribution in [1.82, 2.24) is 34.3 Å². The fraction of sp³-hybridized carbons (Fsp3) is 0.379. The molecule has 39 heavy (non-hydrogen) atoms. The molecule has 0 radical (unpaired) electrons. The van der Waals surface area contributed by atoms with Crippen molar-refractivity contribution < 1.29 is 8.78 Å². The van der Waals surface area contributed by atoms with E-state index in [1.165, 1.54) is 11.6 Å². The summed E-state index contributed by atoms with van der Waals surface area (Å²) in [4.78, 5) is 22.1. The van der Waals surface area contributed by atoms with Crippen LogP contribution in [0, 0.1) is 30.9 Å². The predicted molar refractivity (Wildman–Crippen MR) is 149 cm³/mol. The van der Waals surface area contributed by atoms with Gasteiger partial charge in [-0.25, -0.2) is 28.7 Å². The van der Waals surface area contributed by atoms with Gasteiger partial charge in [-0.15, -0.1) is 6.42 Å². The van der Waals surface area contributed by atoms with Crippen molar-refractivity contribution in [2.75, 3.05) is 38.5 Å². The summed E-state index contributed by atoms with van der Waals surface area (Å²) in [7, 11) is 2.02. The van der Waals surface area contributed by atoms with Gasteiger partial charge < -0.3 is 9.88 Å². The van der Waals surface area contributed by atoms with Crippen LogP contribution in [-0.2, 0) is 13.0 Å². The van der Waals surface area contributed by atoms with E-state index in [2.05, 4.69) is 36.0 Å². The summed E-state index contributed by atoms with van der Waals surface area (Å²) in [5, 5.41) is 3.09. The molecule has 4 heterocycles. The van der Waals surface area contributed by atoms with Gasteiger partial charge in [-0.3, -0.25) is 9.80 Å². The largest absolute Gasteiger partial charge is 0.326 e. The first kappa shape index (κ1) is 26.7. The number of fused-ring (bicyclic) bond motifs is 2. The first-order chi connectivity index (χ1) is 18.7. The zero-order valence-corrected chi connectivity index (χ0v) is 22.7. The zero-order chi connectivity index (χ0) is 27.7. The Morgan fingerprint density at radius 3 is 2.74 bits per heavy atom. The highest BCUT2D eigenvalue weighted by atomic mass is 19.1. The lowest BCUT2D eigenvalue weighted by molar-refractivity contribution is 0.218. The topological polar surface area (TPSA) is 75.0 Å². The highest BCUT2D eigenvalue weighted by molar-refractivity contribution is 5.83. The lowest BCUT2D eigenvalue weighted by Crippen LogP contribution is -2.37. The Kier molecular flexibility index (Phi) is 7.55. The van der Waals surface area contributed by atoms with E-state index in [0.717, 1.165) is 44.5 Å². The minimum absolute atomic E-state index is 0.00543. The molecule has 0 amide bonds. The van der Waals surface area contributed by atoms with E-state index in [-0.39, 0.29) is 23.2 Å². The number of anilines is 2. The molecule has 1 aromatic carbocycles. The van der Waals surface area contributed by atoms with E-state index >= 15 is 0 Å². The number of nitrogens with one attached hydrogen (secondary N) is 1. The quantitative estimate of drug-likeness (QED) is 0.331. The standard InChI is InChI=1S/C29H32F2N8/c1-6-10-37(5)12-13-38-11-9-24-20(17-38)7-8-26(34-24)35-29-32-16-23(31)27(36-29)21-14-22(30)28-25(15-21)39(18(2)3)19(4)33-28/h1,7-8,14-16,18H,9-13,17H2,2-5H3,(H,32,34,35,36). The van der Waals surface area contributed by atoms with Gasteiger partial charge in [0, 0.05) is 49.9 Å². The molecule has 1 aliphatic rings. The van der Waals surface area contributed by atoms with Crippen molar-refractivity contribution in [3.8, 4) is 23.6 Å². The van der Waals surface area contributed by atoms with Gasteiger partial charge in [0.25, 0.3) is 0 Å². The van der Waals surface area contributed by atoms with E-state index in [9.17, 15) is 8.78 Å². The second-order valence-electron chi connectivity index (χ2n) is 10.2. The Hall–Kier alpha value is -3.94. The van der Waals surface area contributed by atoms with Gasteiger partial charge in [-0.05, 0) is 51.6 Å². The lowest BCUT2D eigenvalue weighted by atomic mass is 10.1. The van der Waals surface area contributed by atoms with Crippen LogP contribution in [-0.4, -0.2) is 67.5 Å². The second kappa shape index (κ2) is 11.0. The van der Waals surface area contributed by atoms with Gasteiger partial charge in [0.05, 0.1) is 18.3 Å². The van der Waals surface area contributed by atoms with Crippen LogP contribution in [0.4, 0.5) is 20.5 Å². The molecule has 0 aliphatic carbocycles. The Balaban J connectivity index is 1.36. The summed E-state index contributed by atoms with van der Waals surface area (Å²) in [5.74, 6) is 2.95. The number of likely N-dealkylation sites (N-methyl/N-ethyl adjacent to an activating group) is 1. The zero-order valence-electron chi connectivity index (χ0n) is 22.7. The molecule has 1 aliphatic heterocycles. The van der Waals surface area contributed by atoms with Gasteiger partial charge in [0.15, 0.2) is 11.6 Å². The molecule has 0 unspecified atom stereocenters. The molecule has 0 bridgehead atoms. The summed E-state index contributed by atoms with van der Waals surface area (Å²) in [6, 6.07) is 6.97. The van der Waals surface area contributed by atoms with Crippen molar-refractivity contribution in [2.45, 2.75) is 39.8 Å². The number of rotatable bonds is 8. The molecule has 0 spiro atoms. The third-order valence-electron chi connectivity index (χ3n) is 6.99. The molecular formula is C29H32F2N8. The Labute approximate surface area is 227 Å². The van der Waals surface area contributed by atoms with E-state index in [4.69, 9.17) is 11.4 Å². The van der Waals surface area contributed by atoms with Crippen molar-refractivity contribution in [1.29, 1.82) is 0 Å². The number of halogens is 2. The molecule has 1 N–H and O–H groups in total. The summed E-state index contributed by atoms with van der Waals surface area (Å²) in [6.45, 7) is 10.0. The number of nitrogens with zero attached hydrogens (tertiary/aromatic N) is 7. The highest BCUT2D eigenvalue weighted by Crippen LogP contribution is 2.30. The maximum Gasteiger partial charge on any atom is 0.229 e. The fourth-order valence-corrected chi connectivity index (χ4v) is 5.08. The van der Waals surface area contributed by atoms with Crippen LogP contribution in [0.25, 0.3) is 22.3 Å². The number of pyridine rings is 1. The van der Waals surface area contributed by atoms with Crippen molar-refractivity contribution in [2.24, 2.45) is 0 Å². The van der Waals surface area contributed by atoms with E-state index in [0.29, 0.717) is 29.3 Å². The average molecular weight is 531 g/mol. The third kappa shape index (κ3) is 5.60. The summed E-state index contributed by atoms with van der Waals surface area (Å²) >= 11 is 0. The average Bonchev–Trinajstić information content (AvgIpc) is 3.25. The molecule has 10 heteroatoms. The van der Waals surface area contributed by atoms with Crippen LogP contribution in [0.1, 0.15) is 37.0 Å². The predicted octanol–water partition coefficient (Wildman–Crippen LogP) is 4.72. The number of terminal acetylenes is 1. The Morgan fingerprint density at radius 2 is 1.97 bits per heavy atom. The molecular weight excluding hydrogens is 498 g/mol. The number of hydrogen-bond acceptors (Lipinski definition) is 7. The van der Waals surface area contributed by atoms with E-state index in [1.54, 1.807) is 6.07 Å². The van der Waals surface area contributed by atoms with Crippen LogP contribution in [0.15, 0.2) is 30.5 Å². The molecule has 0 atom stereocenters. The molecule has 8 nitrogen and oxygen atoms in total. The van der Waals surface area contributed by atoms with Crippen LogP contribution >= 0.6 is 0 Å². The second-order valence-corrected chi connectivity index (χ2v) is 10.2. The van der Waals surface area contributed by atoms with Gasteiger partial charge in [-0.1, -0.05) is 12.0 Å². The lowest BCUT2D eigenvalue weighted by Gasteiger charge is -2.29. The molecule has 5 rings (SSSR count). The van der Waals surface area contributed by atoms with Gasteiger partial charge in [-0.2, -0.15) is 0 Å². The Bertz CT molecular complexity index is 1560. The van der Waals surface area contributed by atoms with Crippen LogP contribution < -0.4 is 5.32 Å². The van der Waals surface area contributed by atoms with Crippen molar-refractivity contribution >= 4 is 22.8 Å². The molecule has 0 saturated carbocycles. The number of hydrogen-bond donors (Lipinski definition) is 1. The highest BCUT2D eigenvalue weighted by Gasteiger charge is 2.20.